The van der Waals surface area contributed by atoms with Crippen molar-refractivity contribution in [2.24, 2.45) is 11.8 Å². The van der Waals surface area contributed by atoms with Gasteiger partial charge in [-0.3, -0.25) is 9.59 Å². The molecule has 0 amide bonds. The van der Waals surface area contributed by atoms with Gasteiger partial charge in [-0.05, 0) is 34.7 Å². The standard InChI is InChI=1S/C13H17BrO3/c1-3-4-5-6-10-9(8-12(15)17-2)7-11(14)13(10)16/h4-5,7,9-10H,3,6,8H2,1-2H3/b5-4-. The van der Waals surface area contributed by atoms with Gasteiger partial charge in [-0.2, -0.15) is 0 Å². The highest BCUT2D eigenvalue weighted by molar-refractivity contribution is 9.12. The van der Waals surface area contributed by atoms with Crippen LogP contribution in [-0.2, 0) is 14.3 Å². The lowest BCUT2D eigenvalue weighted by Gasteiger charge is -2.14. The van der Waals surface area contributed by atoms with Gasteiger partial charge in [0.05, 0.1) is 18.0 Å². The Kier molecular flexibility index (Phi) is 5.62. The van der Waals surface area contributed by atoms with E-state index in [1.54, 1.807) is 0 Å². The molecule has 0 saturated heterocycles. The molecular formula is C13H17BrO3. The molecule has 0 spiro atoms. The fourth-order valence-corrected chi connectivity index (χ4v) is 2.56. The van der Waals surface area contributed by atoms with E-state index in [1.807, 2.05) is 25.2 Å². The van der Waals surface area contributed by atoms with Gasteiger partial charge in [0, 0.05) is 5.92 Å². The van der Waals surface area contributed by atoms with E-state index in [4.69, 9.17) is 0 Å². The molecule has 0 aromatic carbocycles. The van der Waals surface area contributed by atoms with Crippen molar-refractivity contribution in [3.05, 3.63) is 22.7 Å². The summed E-state index contributed by atoms with van der Waals surface area (Å²) >= 11 is 3.24. The maximum atomic E-state index is 11.9. The number of rotatable bonds is 5. The van der Waals surface area contributed by atoms with Crippen LogP contribution in [0.4, 0.5) is 0 Å². The second-order valence-corrected chi connectivity index (χ2v) is 4.90. The summed E-state index contributed by atoms with van der Waals surface area (Å²) in [5, 5.41) is 0. The van der Waals surface area contributed by atoms with Crippen LogP contribution >= 0.6 is 15.9 Å². The largest absolute Gasteiger partial charge is 0.469 e. The van der Waals surface area contributed by atoms with Crippen molar-refractivity contribution in [2.45, 2.75) is 26.2 Å². The summed E-state index contributed by atoms with van der Waals surface area (Å²) in [7, 11) is 1.36. The number of halogens is 1. The van der Waals surface area contributed by atoms with Crippen molar-refractivity contribution in [1.29, 1.82) is 0 Å². The second-order valence-electron chi connectivity index (χ2n) is 4.04. The van der Waals surface area contributed by atoms with E-state index < -0.39 is 0 Å². The van der Waals surface area contributed by atoms with Crippen LogP contribution in [0, 0.1) is 11.8 Å². The highest BCUT2D eigenvalue weighted by Crippen LogP contribution is 2.35. The van der Waals surface area contributed by atoms with Gasteiger partial charge < -0.3 is 4.74 Å². The molecule has 0 aromatic rings. The first-order valence-corrected chi connectivity index (χ1v) is 6.52. The van der Waals surface area contributed by atoms with Crippen LogP contribution in [0.1, 0.15) is 26.2 Å². The highest BCUT2D eigenvalue weighted by Gasteiger charge is 2.35. The number of ketones is 1. The van der Waals surface area contributed by atoms with Crippen molar-refractivity contribution in [3.63, 3.8) is 0 Å². The molecule has 0 aromatic heterocycles. The molecule has 0 fully saturated rings. The molecule has 1 aliphatic rings. The van der Waals surface area contributed by atoms with E-state index >= 15 is 0 Å². The summed E-state index contributed by atoms with van der Waals surface area (Å²) in [6.07, 6.45) is 7.77. The summed E-state index contributed by atoms with van der Waals surface area (Å²) in [5.41, 5.74) is 0. The van der Waals surface area contributed by atoms with Gasteiger partial charge in [-0.1, -0.05) is 25.2 Å². The third-order valence-corrected chi connectivity index (χ3v) is 3.53. The molecule has 0 bridgehead atoms. The van der Waals surface area contributed by atoms with E-state index in [1.165, 1.54) is 7.11 Å². The van der Waals surface area contributed by atoms with Crippen molar-refractivity contribution >= 4 is 27.7 Å². The van der Waals surface area contributed by atoms with Gasteiger partial charge in [0.25, 0.3) is 0 Å². The Labute approximate surface area is 110 Å². The summed E-state index contributed by atoms with van der Waals surface area (Å²) in [6.45, 7) is 2.05. The number of hydrogen-bond donors (Lipinski definition) is 0. The zero-order valence-corrected chi connectivity index (χ0v) is 11.7. The van der Waals surface area contributed by atoms with Gasteiger partial charge in [-0.15, -0.1) is 0 Å². The molecule has 17 heavy (non-hydrogen) atoms. The lowest BCUT2D eigenvalue weighted by Crippen LogP contribution is -2.19. The lowest BCUT2D eigenvalue weighted by atomic mass is 9.89. The molecule has 1 rings (SSSR count). The van der Waals surface area contributed by atoms with Crippen LogP contribution in [0.25, 0.3) is 0 Å². The predicted molar refractivity (Wildman–Crippen MR) is 69.7 cm³/mol. The zero-order chi connectivity index (χ0) is 12.8. The smallest absolute Gasteiger partial charge is 0.306 e. The third kappa shape index (κ3) is 3.80. The molecule has 0 radical (unpaired) electrons. The Morgan fingerprint density at radius 3 is 2.82 bits per heavy atom. The van der Waals surface area contributed by atoms with Crippen molar-refractivity contribution in [2.75, 3.05) is 7.11 Å². The summed E-state index contributed by atoms with van der Waals surface area (Å²) in [4.78, 5) is 23.1. The Morgan fingerprint density at radius 1 is 1.53 bits per heavy atom. The Hall–Kier alpha value is -0.900. The molecule has 0 N–H and O–H groups in total. The van der Waals surface area contributed by atoms with Gasteiger partial charge in [-0.25, -0.2) is 0 Å². The number of carbonyl (C=O) groups is 2. The number of ether oxygens (including phenoxy) is 1. The minimum absolute atomic E-state index is 0.0502. The van der Waals surface area contributed by atoms with Crippen LogP contribution in [-0.4, -0.2) is 18.9 Å². The number of esters is 1. The number of Topliss-reactive ketones (excluding diaryl/α,β-unsaturated/α-hetero) is 1. The van der Waals surface area contributed by atoms with Crippen LogP contribution in [0.5, 0.6) is 0 Å². The van der Waals surface area contributed by atoms with Crippen LogP contribution in [0.15, 0.2) is 22.7 Å². The molecule has 0 saturated carbocycles. The maximum absolute atomic E-state index is 11.9. The molecule has 2 atom stereocenters. The van der Waals surface area contributed by atoms with Crippen molar-refractivity contribution in [3.8, 4) is 0 Å². The summed E-state index contributed by atoms with van der Waals surface area (Å²) in [5.74, 6) is -0.373. The van der Waals surface area contributed by atoms with E-state index in [0.717, 1.165) is 6.42 Å². The van der Waals surface area contributed by atoms with Crippen LogP contribution < -0.4 is 0 Å². The first kappa shape index (κ1) is 14.2. The predicted octanol–water partition coefficient (Wildman–Crippen LogP) is 3.00. The summed E-state index contributed by atoms with van der Waals surface area (Å²) < 4.78 is 5.23. The third-order valence-electron chi connectivity index (χ3n) is 2.87. The Morgan fingerprint density at radius 2 is 2.24 bits per heavy atom. The molecule has 4 heteroatoms. The quantitative estimate of drug-likeness (QED) is 0.579. The topological polar surface area (TPSA) is 43.4 Å². The molecule has 2 unspecified atom stereocenters. The highest BCUT2D eigenvalue weighted by atomic mass is 79.9. The van der Waals surface area contributed by atoms with Crippen molar-refractivity contribution in [1.82, 2.24) is 0 Å². The van der Waals surface area contributed by atoms with Gasteiger partial charge in [0.15, 0.2) is 5.78 Å². The van der Waals surface area contributed by atoms with E-state index in [9.17, 15) is 9.59 Å². The molecule has 0 heterocycles. The first-order valence-electron chi connectivity index (χ1n) is 5.73. The first-order chi connectivity index (χ1) is 8.10. The number of methoxy groups -OCH3 is 1. The Balaban J connectivity index is 2.68. The number of hydrogen-bond acceptors (Lipinski definition) is 3. The van der Waals surface area contributed by atoms with Gasteiger partial charge in [0.1, 0.15) is 0 Å². The minimum atomic E-state index is -0.272. The van der Waals surface area contributed by atoms with E-state index in [2.05, 4.69) is 20.7 Å². The molecule has 1 aliphatic carbocycles. The van der Waals surface area contributed by atoms with Crippen LogP contribution in [0.2, 0.25) is 0 Å². The van der Waals surface area contributed by atoms with Gasteiger partial charge in [0.2, 0.25) is 0 Å². The Bertz CT molecular complexity index is 358. The van der Waals surface area contributed by atoms with E-state index in [-0.39, 0.29) is 30.0 Å². The van der Waals surface area contributed by atoms with Gasteiger partial charge >= 0.3 is 5.97 Å². The average Bonchev–Trinajstić information content (AvgIpc) is 2.57. The fourth-order valence-electron chi connectivity index (χ4n) is 1.93. The number of carbonyl (C=O) groups excluding carboxylic acids is 2. The second kappa shape index (κ2) is 6.74. The normalized spacial score (nSPS) is 24.2. The average molecular weight is 301 g/mol. The lowest BCUT2D eigenvalue weighted by molar-refractivity contribution is -0.141. The fraction of sp³-hybridized carbons (Fsp3) is 0.538. The van der Waals surface area contributed by atoms with Crippen LogP contribution in [0.3, 0.4) is 0 Å². The number of allylic oxidation sites excluding steroid dienone is 4. The summed E-state index contributed by atoms with van der Waals surface area (Å²) in [6, 6.07) is 0. The molecule has 0 aliphatic heterocycles. The molecule has 94 valence electrons. The molecular weight excluding hydrogens is 284 g/mol. The SMILES string of the molecule is CC/C=C\CC1C(=O)C(Br)=CC1CC(=O)OC. The van der Waals surface area contributed by atoms with E-state index in [0.29, 0.717) is 10.9 Å². The minimum Gasteiger partial charge on any atom is -0.469 e. The van der Waals surface area contributed by atoms with Crippen molar-refractivity contribution < 1.29 is 14.3 Å². The maximum Gasteiger partial charge on any atom is 0.306 e. The zero-order valence-electron chi connectivity index (χ0n) is 10.1. The molecule has 3 nitrogen and oxygen atoms in total. The monoisotopic (exact) mass is 300 g/mol.